The number of nitrogens with one attached hydrogen (secondary N) is 12. The number of aromatic amines is 1. The Morgan fingerprint density at radius 1 is 0.240 bits per heavy atom. The number of rotatable bonds is 70. The Morgan fingerprint density at radius 2 is 0.440 bits per heavy atom. The van der Waals surface area contributed by atoms with Crippen LogP contribution in [0.25, 0.3) is 0 Å². The monoisotopic (exact) mass is 1730 g/mol. The Labute approximate surface area is 750 Å². The summed E-state index contributed by atoms with van der Waals surface area (Å²) in [4.78, 5) is 67.0. The van der Waals surface area contributed by atoms with Crippen molar-refractivity contribution in [2.24, 2.45) is 5.41 Å². The van der Waals surface area contributed by atoms with Crippen LogP contribution in [-0.2, 0) is 0 Å². The molecule has 4 heterocycles. The summed E-state index contributed by atoms with van der Waals surface area (Å²) in [6.07, 6.45) is 42.8. The zero-order chi connectivity index (χ0) is 89.7. The second-order valence-corrected chi connectivity index (χ2v) is 31.2. The van der Waals surface area contributed by atoms with Crippen molar-refractivity contribution in [1.82, 2.24) is 59.8 Å². The fourth-order valence-electron chi connectivity index (χ4n) is 13.3. The highest BCUT2D eigenvalue weighted by Gasteiger charge is 2.36. The van der Waals surface area contributed by atoms with Crippen LogP contribution in [-0.4, -0.2) is 132 Å². The molecule has 0 spiro atoms. The molecule has 0 unspecified atom stereocenters. The number of aromatic nitrogens is 12. The third-order valence-electron chi connectivity index (χ3n) is 20.4. The number of unbranched alkanes of at least 4 members (excludes halogenated alkanes) is 30. The van der Waals surface area contributed by atoms with E-state index in [4.69, 9.17) is 63.8 Å². The maximum absolute atomic E-state index is 12.5. The Bertz CT molecular complexity index is 3610. The molecular formula is C97H161N23O5. The van der Waals surface area contributed by atoms with Gasteiger partial charge < -0.3 is 77.4 Å². The van der Waals surface area contributed by atoms with Crippen LogP contribution >= 0.6 is 0 Å². The lowest BCUT2D eigenvalue weighted by atomic mass is 9.92. The highest BCUT2D eigenvalue weighted by Crippen LogP contribution is 2.32. The lowest BCUT2D eigenvalue weighted by Crippen LogP contribution is -2.45. The molecule has 28 nitrogen and oxygen atoms in total. The van der Waals surface area contributed by atoms with Crippen molar-refractivity contribution in [3.63, 3.8) is 0 Å². The van der Waals surface area contributed by atoms with E-state index in [2.05, 4.69) is 115 Å². The van der Waals surface area contributed by atoms with Crippen LogP contribution in [0.3, 0.4) is 0 Å². The molecule has 12 N–H and O–H groups in total. The molecule has 0 amide bonds. The minimum atomic E-state index is -1.01. The van der Waals surface area contributed by atoms with Gasteiger partial charge in [-0.15, -0.1) is 0 Å². The predicted octanol–water partition coefficient (Wildman–Crippen LogP) is 25.4. The van der Waals surface area contributed by atoms with Crippen molar-refractivity contribution in [1.29, 1.82) is 0 Å². The fraction of sp³-hybridized carbons (Fsp3) is 0.629. The zero-order valence-corrected chi connectivity index (χ0v) is 78.9. The van der Waals surface area contributed by atoms with Crippen LogP contribution in [0.15, 0.2) is 102 Å². The van der Waals surface area contributed by atoms with E-state index in [1.165, 1.54) is 154 Å². The van der Waals surface area contributed by atoms with Crippen LogP contribution in [0.4, 0.5) is 88.2 Å². The molecule has 8 rings (SSSR count). The van der Waals surface area contributed by atoms with E-state index in [1.807, 2.05) is 146 Å². The molecule has 125 heavy (non-hydrogen) atoms. The van der Waals surface area contributed by atoms with E-state index in [9.17, 15) is 4.79 Å². The van der Waals surface area contributed by atoms with E-state index in [1.54, 1.807) is 0 Å². The van der Waals surface area contributed by atoms with Gasteiger partial charge in [-0.3, -0.25) is 4.98 Å². The van der Waals surface area contributed by atoms with Gasteiger partial charge in [0.2, 0.25) is 65.4 Å². The molecule has 0 saturated heterocycles. The highest BCUT2D eigenvalue weighted by atomic mass is 16.5. The van der Waals surface area contributed by atoms with Gasteiger partial charge in [-0.2, -0.15) is 54.8 Å². The molecule has 0 radical (unpaired) electrons. The lowest BCUT2D eigenvalue weighted by Gasteiger charge is -2.33. The van der Waals surface area contributed by atoms with Crippen LogP contribution in [0.2, 0.25) is 0 Å². The predicted molar refractivity (Wildman–Crippen MR) is 525 cm³/mol. The molecule has 0 aliphatic heterocycles. The first-order chi connectivity index (χ1) is 61.5. The van der Waals surface area contributed by atoms with Crippen molar-refractivity contribution >= 4 is 88.2 Å². The molecule has 4 aromatic carbocycles. The molecule has 694 valence electrons. The number of ether oxygens (including phenoxy) is 4. The first kappa shape index (κ1) is 105. The van der Waals surface area contributed by atoms with Gasteiger partial charge in [-0.1, -0.05) is 276 Å². The Kier molecular flexibility index (Phi) is 57.3. The molecule has 0 bridgehead atoms. The quantitative estimate of drug-likeness (QED) is 0.0158. The van der Waals surface area contributed by atoms with E-state index < -0.39 is 11.1 Å². The third-order valence-corrected chi connectivity index (χ3v) is 20.4. The van der Waals surface area contributed by atoms with Crippen molar-refractivity contribution in [2.75, 3.05) is 131 Å². The van der Waals surface area contributed by atoms with Crippen LogP contribution in [0, 0.1) is 5.41 Å². The van der Waals surface area contributed by atoms with Gasteiger partial charge in [0.05, 0.1) is 0 Å². The Balaban J connectivity index is 0.00000452. The summed E-state index contributed by atoms with van der Waals surface area (Å²) < 4.78 is 27.6. The average Bonchev–Trinajstić information content (AvgIpc) is 0.827. The number of benzene rings is 4. The number of nitrogens with zero attached hydrogens (tertiary/aromatic N) is 11. The highest BCUT2D eigenvalue weighted by molar-refractivity contribution is 5.60. The van der Waals surface area contributed by atoms with Gasteiger partial charge >= 0.3 is 5.69 Å². The molecular weight excluding hydrogens is 1570 g/mol. The summed E-state index contributed by atoms with van der Waals surface area (Å²) in [5.41, 5.74) is 1.41. The fourth-order valence-corrected chi connectivity index (χ4v) is 13.3. The summed E-state index contributed by atoms with van der Waals surface area (Å²) in [6, 6.07) is 30.7. The molecule has 0 aliphatic rings. The van der Waals surface area contributed by atoms with Crippen molar-refractivity contribution < 1.29 is 18.9 Å². The molecule has 0 fully saturated rings. The maximum atomic E-state index is 12.5. The SMILES string of the molecule is CC.CC.CC.CCCCCCCCNc1nc(NCCCCCCCC)nc(Nc2ccc(OCC(COc3ccc(Nc4nc(NCCCCCCCC)nc(NCCCCCCCC)n4)cc3)(COc3ccc(Nc4nc(NCCCCCCCC)nc(NCCCCCCCC)n4)cc3)COc3ccc(Nc4nc(NCC)nc(=O)[nH]4)cc3)cc2)n1. The van der Waals surface area contributed by atoms with Gasteiger partial charge in [0.15, 0.2) is 0 Å². The van der Waals surface area contributed by atoms with E-state index in [-0.39, 0.29) is 38.3 Å². The first-order valence-electron chi connectivity index (χ1n) is 48.5. The number of anilines is 15. The van der Waals surface area contributed by atoms with Crippen LogP contribution in [0.1, 0.15) is 321 Å². The largest absolute Gasteiger partial charge is 0.493 e. The summed E-state index contributed by atoms with van der Waals surface area (Å²) in [6.45, 7) is 32.9. The molecule has 8 aromatic rings. The van der Waals surface area contributed by atoms with E-state index >= 15 is 0 Å². The normalized spacial score (nSPS) is 10.9. The van der Waals surface area contributed by atoms with Gasteiger partial charge in [0, 0.05) is 68.6 Å². The van der Waals surface area contributed by atoms with Crippen LogP contribution < -0.4 is 83.1 Å². The summed E-state index contributed by atoms with van der Waals surface area (Å²) >= 11 is 0. The maximum Gasteiger partial charge on any atom is 0.351 e. The molecule has 28 heteroatoms. The number of H-pyrrole nitrogens is 1. The summed E-state index contributed by atoms with van der Waals surface area (Å²) in [5, 5.41) is 37.5. The average molecular weight is 1730 g/mol. The van der Waals surface area contributed by atoms with Gasteiger partial charge in [0.1, 0.15) is 54.8 Å². The number of hydrogen-bond acceptors (Lipinski definition) is 27. The van der Waals surface area contributed by atoms with Gasteiger partial charge in [-0.25, -0.2) is 4.79 Å². The minimum absolute atomic E-state index is 0.0709. The molecule has 4 aromatic heterocycles. The molecule has 0 saturated carbocycles. The van der Waals surface area contributed by atoms with E-state index in [0.717, 1.165) is 133 Å². The Hall–Kier alpha value is -10.3. The number of hydrogen-bond donors (Lipinski definition) is 12. The summed E-state index contributed by atoms with van der Waals surface area (Å²) in [5.74, 6) is 7.22. The molecule has 0 atom stereocenters. The minimum Gasteiger partial charge on any atom is -0.493 e. The standard InChI is InChI=1S/C91H143N23O5.3C2H6/c1-8-15-21-27-33-39-61-93-80-103-81(94-62-40-34-28-22-16-9-2)108-86(107-80)99-71-45-53-75(54-46-71)116-67-91(70-119-78-59-51-74(52-60-78)102-89-106-79(92-14-7)113-90(115)114-89,68-117-76-55-47-72(48-56-76)100-87-109-82(95-63-41-35-29-23-17-10-3)104-83(110-87)96-64-42-36-30-24-18-11-4)69-118-77-57-49-73(50-58-77)101-88-111-84(97-65-43-37-31-25-19-12-5)105-85(112-88)98-66-44-38-32-26-20-13-6;3*1-2/h45-60H,8-44,61-70H2,1-7H3,(H3,92,102,106,113,114,115)(H3,93,94,99,103,107,108)(H3,95,96,100,104,109,110)(H3,97,98,101,105,111,112);3*1-2H3. The van der Waals surface area contributed by atoms with Gasteiger partial charge in [-0.05, 0) is 143 Å². The van der Waals surface area contributed by atoms with Crippen LogP contribution in [0.5, 0.6) is 23.0 Å². The smallest absolute Gasteiger partial charge is 0.351 e. The summed E-state index contributed by atoms with van der Waals surface area (Å²) in [7, 11) is 0. The van der Waals surface area contributed by atoms with Crippen molar-refractivity contribution in [2.45, 2.75) is 321 Å². The second kappa shape index (κ2) is 68.0. The zero-order valence-electron chi connectivity index (χ0n) is 78.9. The second-order valence-electron chi connectivity index (χ2n) is 31.2. The third kappa shape index (κ3) is 46.5. The van der Waals surface area contributed by atoms with Crippen molar-refractivity contribution in [3.8, 4) is 23.0 Å². The van der Waals surface area contributed by atoms with Crippen molar-refractivity contribution in [3.05, 3.63) is 108 Å². The first-order valence-corrected chi connectivity index (χ1v) is 48.5. The van der Waals surface area contributed by atoms with E-state index in [0.29, 0.717) is 88.8 Å². The topological polar surface area (TPSA) is 344 Å². The molecule has 0 aliphatic carbocycles. The Morgan fingerprint density at radius 3 is 0.664 bits per heavy atom. The lowest BCUT2D eigenvalue weighted by molar-refractivity contribution is -0.00350. The van der Waals surface area contributed by atoms with Gasteiger partial charge in [0.25, 0.3) is 0 Å².